The third-order valence-electron chi connectivity index (χ3n) is 3.91. The van der Waals surface area contributed by atoms with Crippen LogP contribution >= 0.6 is 0 Å². The normalized spacial score (nSPS) is 16.8. The van der Waals surface area contributed by atoms with Crippen molar-refractivity contribution in [3.8, 4) is 0 Å². The number of sulfonamides is 1. The highest BCUT2D eigenvalue weighted by Gasteiger charge is 2.29. The molecule has 2 rings (SSSR count). The number of carbonyl (C=O) groups excluding carboxylic acids is 1. The molecule has 0 unspecified atom stereocenters. The minimum atomic E-state index is -3.42. The Bertz CT molecular complexity index is 638. The predicted molar refractivity (Wildman–Crippen MR) is 90.6 cm³/mol. The lowest BCUT2D eigenvalue weighted by molar-refractivity contribution is -0.121. The highest BCUT2D eigenvalue weighted by atomic mass is 32.2. The third-order valence-corrected chi connectivity index (χ3v) is 5.19. The maximum absolute atomic E-state index is 12.0. The Labute approximate surface area is 137 Å². The van der Waals surface area contributed by atoms with E-state index in [0.717, 1.165) is 43.9 Å². The van der Waals surface area contributed by atoms with Gasteiger partial charge in [0.25, 0.3) is 5.91 Å². The number of nitrogens with zero attached hydrogens (tertiary/aromatic N) is 2. The molecular weight excluding hydrogens is 314 g/mol. The quantitative estimate of drug-likeness (QED) is 0.634. The van der Waals surface area contributed by atoms with Gasteiger partial charge in [0.2, 0.25) is 10.0 Å². The molecule has 1 aromatic carbocycles. The van der Waals surface area contributed by atoms with Gasteiger partial charge in [0.1, 0.15) is 0 Å². The summed E-state index contributed by atoms with van der Waals surface area (Å²) in [4.78, 5) is 12.0. The van der Waals surface area contributed by atoms with Gasteiger partial charge in [0.05, 0.1) is 19.0 Å². The van der Waals surface area contributed by atoms with Gasteiger partial charge in [-0.25, -0.2) is 13.8 Å². The molecule has 0 bridgehead atoms. The second kappa shape index (κ2) is 8.21. The molecule has 126 valence electrons. The minimum absolute atomic E-state index is 0.0809. The van der Waals surface area contributed by atoms with Gasteiger partial charge in [-0.15, -0.1) is 0 Å². The van der Waals surface area contributed by atoms with E-state index in [0.29, 0.717) is 0 Å². The van der Waals surface area contributed by atoms with Crippen molar-refractivity contribution in [2.24, 2.45) is 5.10 Å². The summed E-state index contributed by atoms with van der Waals surface area (Å²) in [5.74, 6) is -0.423. The van der Waals surface area contributed by atoms with Gasteiger partial charge in [-0.3, -0.25) is 4.79 Å². The van der Waals surface area contributed by atoms with Crippen LogP contribution in [0.15, 0.2) is 35.4 Å². The Morgan fingerprint density at radius 3 is 2.52 bits per heavy atom. The molecule has 0 saturated heterocycles. The van der Waals surface area contributed by atoms with Gasteiger partial charge < -0.3 is 0 Å². The molecule has 1 aliphatic carbocycles. The lowest BCUT2D eigenvalue weighted by Gasteiger charge is -2.31. The summed E-state index contributed by atoms with van der Waals surface area (Å²) >= 11 is 0. The first-order valence-electron chi connectivity index (χ1n) is 7.80. The average molecular weight is 337 g/mol. The molecule has 0 atom stereocenters. The molecule has 1 fully saturated rings. The zero-order valence-corrected chi connectivity index (χ0v) is 14.1. The summed E-state index contributed by atoms with van der Waals surface area (Å²) in [6.45, 7) is -0.185. The highest BCUT2D eigenvalue weighted by molar-refractivity contribution is 7.88. The largest absolute Gasteiger partial charge is 0.272 e. The van der Waals surface area contributed by atoms with Crippen molar-refractivity contribution < 1.29 is 13.2 Å². The third kappa shape index (κ3) is 5.76. The molecule has 23 heavy (non-hydrogen) atoms. The summed E-state index contributed by atoms with van der Waals surface area (Å²) in [5, 5.41) is 3.88. The van der Waals surface area contributed by atoms with Crippen molar-refractivity contribution >= 4 is 22.1 Å². The summed E-state index contributed by atoms with van der Waals surface area (Å²) in [6.07, 6.45) is 7.45. The lowest BCUT2D eigenvalue weighted by atomic mass is 9.95. The number of hydrogen-bond acceptors (Lipinski definition) is 4. The van der Waals surface area contributed by atoms with Crippen LogP contribution in [0, 0.1) is 0 Å². The van der Waals surface area contributed by atoms with Crippen molar-refractivity contribution in [2.45, 2.75) is 38.1 Å². The maximum atomic E-state index is 12.0. The number of benzene rings is 1. The van der Waals surface area contributed by atoms with Crippen LogP contribution in [0.3, 0.4) is 0 Å². The smallest absolute Gasteiger partial charge is 0.255 e. The molecule has 1 N–H and O–H groups in total. The van der Waals surface area contributed by atoms with E-state index in [9.17, 15) is 13.2 Å². The van der Waals surface area contributed by atoms with E-state index in [1.54, 1.807) is 0 Å². The Kier molecular flexibility index (Phi) is 6.29. The maximum Gasteiger partial charge on any atom is 0.255 e. The van der Waals surface area contributed by atoms with Crippen LogP contribution < -0.4 is 5.43 Å². The van der Waals surface area contributed by atoms with Crippen molar-refractivity contribution in [1.82, 2.24) is 9.73 Å². The molecule has 0 heterocycles. The fourth-order valence-electron chi connectivity index (χ4n) is 2.78. The molecule has 0 radical (unpaired) electrons. The van der Waals surface area contributed by atoms with E-state index >= 15 is 0 Å². The van der Waals surface area contributed by atoms with Crippen molar-refractivity contribution in [1.29, 1.82) is 0 Å². The van der Waals surface area contributed by atoms with Gasteiger partial charge in [0.15, 0.2) is 0 Å². The van der Waals surface area contributed by atoms with Crippen LogP contribution in [-0.2, 0) is 14.8 Å². The lowest BCUT2D eigenvalue weighted by Crippen LogP contribution is -2.45. The van der Waals surface area contributed by atoms with Crippen LogP contribution in [0.5, 0.6) is 0 Å². The van der Waals surface area contributed by atoms with Gasteiger partial charge >= 0.3 is 0 Å². The van der Waals surface area contributed by atoms with E-state index in [1.807, 2.05) is 30.3 Å². The Morgan fingerprint density at radius 2 is 1.91 bits per heavy atom. The number of nitrogens with one attached hydrogen (secondary N) is 1. The SMILES string of the molecule is CS(=O)(=O)N(CC(=O)N/N=C/c1ccccc1)C1CCCCC1. The summed E-state index contributed by atoms with van der Waals surface area (Å²) in [5.41, 5.74) is 3.26. The van der Waals surface area contributed by atoms with E-state index in [-0.39, 0.29) is 12.6 Å². The Hall–Kier alpha value is -1.73. The molecule has 1 amide bonds. The molecule has 1 saturated carbocycles. The first-order valence-corrected chi connectivity index (χ1v) is 9.65. The Morgan fingerprint density at radius 1 is 1.26 bits per heavy atom. The zero-order valence-electron chi connectivity index (χ0n) is 13.3. The van der Waals surface area contributed by atoms with E-state index < -0.39 is 15.9 Å². The molecule has 6 nitrogen and oxygen atoms in total. The minimum Gasteiger partial charge on any atom is -0.272 e. The summed E-state index contributed by atoms with van der Waals surface area (Å²) in [6, 6.07) is 9.28. The zero-order chi connectivity index (χ0) is 16.7. The number of hydrogen-bond donors (Lipinski definition) is 1. The van der Waals surface area contributed by atoms with E-state index in [1.165, 1.54) is 10.5 Å². The number of carbonyl (C=O) groups is 1. The standard InChI is InChI=1S/C16H23N3O3S/c1-23(21,22)19(15-10-6-3-7-11-15)13-16(20)18-17-12-14-8-4-2-5-9-14/h2,4-5,8-9,12,15H,3,6-7,10-11,13H2,1H3,(H,18,20)/b17-12+. The number of hydrazone groups is 1. The fraction of sp³-hybridized carbons (Fsp3) is 0.500. The average Bonchev–Trinajstić information content (AvgIpc) is 2.53. The molecule has 1 aliphatic rings. The summed E-state index contributed by atoms with van der Waals surface area (Å²) < 4.78 is 25.2. The summed E-state index contributed by atoms with van der Waals surface area (Å²) in [7, 11) is -3.42. The van der Waals surface area contributed by atoms with E-state index in [2.05, 4.69) is 10.5 Å². The first-order chi connectivity index (χ1) is 11.0. The second-order valence-electron chi connectivity index (χ2n) is 5.80. The van der Waals surface area contributed by atoms with Crippen LogP contribution in [-0.4, -0.2) is 43.7 Å². The van der Waals surface area contributed by atoms with Crippen molar-refractivity contribution in [3.63, 3.8) is 0 Å². The van der Waals surface area contributed by atoms with Crippen LogP contribution in [0.2, 0.25) is 0 Å². The van der Waals surface area contributed by atoms with Crippen LogP contribution in [0.1, 0.15) is 37.7 Å². The molecule has 7 heteroatoms. The van der Waals surface area contributed by atoms with Crippen LogP contribution in [0.4, 0.5) is 0 Å². The number of rotatable bonds is 6. The van der Waals surface area contributed by atoms with Crippen molar-refractivity contribution in [2.75, 3.05) is 12.8 Å². The van der Waals surface area contributed by atoms with E-state index in [4.69, 9.17) is 0 Å². The second-order valence-corrected chi connectivity index (χ2v) is 7.74. The molecule has 0 spiro atoms. The first kappa shape index (κ1) is 17.6. The van der Waals surface area contributed by atoms with Crippen LogP contribution in [0.25, 0.3) is 0 Å². The molecule has 0 aliphatic heterocycles. The van der Waals surface area contributed by atoms with Gasteiger partial charge in [-0.2, -0.15) is 9.41 Å². The van der Waals surface area contributed by atoms with Gasteiger partial charge in [-0.05, 0) is 18.4 Å². The molecule has 0 aromatic heterocycles. The molecular formula is C16H23N3O3S. The highest BCUT2D eigenvalue weighted by Crippen LogP contribution is 2.24. The molecule has 1 aromatic rings. The topological polar surface area (TPSA) is 78.8 Å². The predicted octanol–water partition coefficient (Wildman–Crippen LogP) is 1.73. The van der Waals surface area contributed by atoms with Gasteiger partial charge in [0, 0.05) is 6.04 Å². The fourth-order valence-corrected chi connectivity index (χ4v) is 3.89. The number of amides is 1. The van der Waals surface area contributed by atoms with Crippen molar-refractivity contribution in [3.05, 3.63) is 35.9 Å². The monoisotopic (exact) mass is 337 g/mol. The van der Waals surface area contributed by atoms with Gasteiger partial charge in [-0.1, -0.05) is 49.6 Å². The Balaban J connectivity index is 1.93.